The van der Waals surface area contributed by atoms with E-state index in [1.165, 1.54) is 5.56 Å². The second kappa shape index (κ2) is 6.33. The van der Waals surface area contributed by atoms with E-state index in [1.54, 1.807) is 0 Å². The first-order valence-corrected chi connectivity index (χ1v) is 4.88. The fraction of sp³-hybridized carbons (Fsp3) is 0.333. The van der Waals surface area contributed by atoms with Crippen molar-refractivity contribution in [2.45, 2.75) is 12.8 Å². The lowest BCUT2D eigenvalue weighted by Crippen LogP contribution is -1.92. The molecule has 0 amide bonds. The number of rotatable bonds is 5. The summed E-state index contributed by atoms with van der Waals surface area (Å²) < 4.78 is 11.9. The Hall–Kier alpha value is -1.15. The fourth-order valence-corrected chi connectivity index (χ4v) is 1.27. The Morgan fingerprint density at radius 3 is 2.50 bits per heavy atom. The average Bonchev–Trinajstić information content (AvgIpc) is 2.25. The molecule has 0 fully saturated rings. The molecule has 0 radical (unpaired) electrons. The van der Waals surface area contributed by atoms with Gasteiger partial charge in [0.05, 0.1) is 6.67 Å². The van der Waals surface area contributed by atoms with E-state index in [-0.39, 0.29) is 6.67 Å². The van der Waals surface area contributed by atoms with Gasteiger partial charge in [0.1, 0.15) is 0 Å². The number of halogens is 1. The van der Waals surface area contributed by atoms with Crippen LogP contribution in [0.5, 0.6) is 0 Å². The van der Waals surface area contributed by atoms with Crippen LogP contribution in [0.15, 0.2) is 30.3 Å². The average molecular weight is 193 g/mol. The van der Waals surface area contributed by atoms with Crippen LogP contribution in [0.2, 0.25) is 0 Å². The van der Waals surface area contributed by atoms with E-state index >= 15 is 0 Å². The van der Waals surface area contributed by atoms with Crippen molar-refractivity contribution in [2.75, 3.05) is 13.2 Å². The summed E-state index contributed by atoms with van der Waals surface area (Å²) in [6, 6.07) is 8.12. The third kappa shape index (κ3) is 3.71. The first kappa shape index (κ1) is 10.9. The van der Waals surface area contributed by atoms with Crippen LogP contribution in [0.1, 0.15) is 17.5 Å². The molecule has 0 heterocycles. The summed E-state index contributed by atoms with van der Waals surface area (Å²) in [6.45, 7) is 0.318. The lowest BCUT2D eigenvalue weighted by molar-refractivity contribution is 0.473. The number of aryl methyl sites for hydroxylation is 1. The predicted octanol–water partition coefficient (Wildman–Crippen LogP) is 2.56. The highest BCUT2D eigenvalue weighted by atomic mass is 19.1. The first-order valence-electron chi connectivity index (χ1n) is 4.88. The third-order valence-corrected chi connectivity index (χ3v) is 2.03. The summed E-state index contributed by atoms with van der Waals surface area (Å²) >= 11 is 0. The molecule has 0 unspecified atom stereocenters. The van der Waals surface area contributed by atoms with Crippen molar-refractivity contribution in [1.29, 1.82) is 0 Å². The van der Waals surface area contributed by atoms with Crippen LogP contribution < -0.4 is 5.73 Å². The summed E-state index contributed by atoms with van der Waals surface area (Å²) in [6.07, 6.45) is 5.32. The Balaban J connectivity index is 2.54. The van der Waals surface area contributed by atoms with E-state index in [0.717, 1.165) is 12.0 Å². The molecule has 0 bridgehead atoms. The summed E-state index contributed by atoms with van der Waals surface area (Å²) in [4.78, 5) is 0. The zero-order chi connectivity index (χ0) is 10.2. The Morgan fingerprint density at radius 1 is 1.21 bits per heavy atom. The summed E-state index contributed by atoms with van der Waals surface area (Å²) in [5.74, 6) is 0. The highest BCUT2D eigenvalue weighted by Crippen LogP contribution is 2.08. The van der Waals surface area contributed by atoms with Crippen LogP contribution >= 0.6 is 0 Å². The number of hydrogen-bond acceptors (Lipinski definition) is 1. The fourth-order valence-electron chi connectivity index (χ4n) is 1.27. The van der Waals surface area contributed by atoms with E-state index < -0.39 is 0 Å². The molecule has 2 N–H and O–H groups in total. The van der Waals surface area contributed by atoms with Crippen LogP contribution in [0.4, 0.5) is 4.39 Å². The minimum atomic E-state index is -0.241. The van der Waals surface area contributed by atoms with Gasteiger partial charge >= 0.3 is 0 Å². The van der Waals surface area contributed by atoms with Crippen molar-refractivity contribution in [3.63, 3.8) is 0 Å². The Kier molecular flexibility index (Phi) is 4.94. The number of benzene rings is 1. The summed E-state index contributed by atoms with van der Waals surface area (Å²) in [5.41, 5.74) is 7.67. The molecule has 2 heteroatoms. The van der Waals surface area contributed by atoms with Gasteiger partial charge < -0.3 is 5.73 Å². The predicted molar refractivity (Wildman–Crippen MR) is 58.8 cm³/mol. The van der Waals surface area contributed by atoms with E-state index in [9.17, 15) is 4.39 Å². The van der Waals surface area contributed by atoms with E-state index in [1.807, 2.05) is 36.4 Å². The maximum Gasteiger partial charge on any atom is 0.0897 e. The molecule has 0 saturated heterocycles. The Labute approximate surface area is 84.4 Å². The Bertz CT molecular complexity index is 277. The minimum Gasteiger partial charge on any atom is -0.327 e. The Morgan fingerprint density at radius 2 is 1.93 bits per heavy atom. The molecule has 0 aliphatic heterocycles. The smallest absolute Gasteiger partial charge is 0.0897 e. The van der Waals surface area contributed by atoms with Gasteiger partial charge in [-0.1, -0.05) is 36.4 Å². The zero-order valence-electron chi connectivity index (χ0n) is 8.25. The monoisotopic (exact) mass is 193 g/mol. The topological polar surface area (TPSA) is 26.0 Å². The maximum absolute atomic E-state index is 11.9. The van der Waals surface area contributed by atoms with Gasteiger partial charge in [0, 0.05) is 6.54 Å². The van der Waals surface area contributed by atoms with E-state index in [4.69, 9.17) is 5.73 Å². The number of alkyl halides is 1. The van der Waals surface area contributed by atoms with Gasteiger partial charge in [-0.2, -0.15) is 0 Å². The lowest BCUT2D eigenvalue weighted by atomic mass is 10.1. The molecule has 1 aromatic rings. The van der Waals surface area contributed by atoms with Crippen LogP contribution in [0.3, 0.4) is 0 Å². The molecular weight excluding hydrogens is 177 g/mol. The molecule has 0 aromatic heterocycles. The standard InChI is InChI=1S/C12H16FN/c13-9-1-3-11-5-7-12(8-6-11)4-2-10-14/h2,4-8H,1,3,9-10,14H2/b4-2+. The van der Waals surface area contributed by atoms with Crippen LogP contribution in [-0.2, 0) is 6.42 Å². The molecule has 14 heavy (non-hydrogen) atoms. The van der Waals surface area contributed by atoms with E-state index in [0.29, 0.717) is 13.0 Å². The van der Waals surface area contributed by atoms with Crippen LogP contribution in [-0.4, -0.2) is 13.2 Å². The highest BCUT2D eigenvalue weighted by Gasteiger charge is 1.92. The van der Waals surface area contributed by atoms with Gasteiger partial charge in [0.15, 0.2) is 0 Å². The summed E-state index contributed by atoms with van der Waals surface area (Å²) in [7, 11) is 0. The quantitative estimate of drug-likeness (QED) is 0.764. The highest BCUT2D eigenvalue weighted by molar-refractivity contribution is 5.49. The molecule has 1 aromatic carbocycles. The molecule has 1 nitrogen and oxygen atoms in total. The molecule has 0 aliphatic rings. The molecule has 0 saturated carbocycles. The largest absolute Gasteiger partial charge is 0.327 e. The molecule has 0 aliphatic carbocycles. The van der Waals surface area contributed by atoms with Crippen molar-refractivity contribution < 1.29 is 4.39 Å². The second-order valence-corrected chi connectivity index (χ2v) is 3.17. The van der Waals surface area contributed by atoms with Crippen molar-refractivity contribution >= 4 is 6.08 Å². The van der Waals surface area contributed by atoms with Gasteiger partial charge in [-0.05, 0) is 24.0 Å². The molecule has 1 rings (SSSR count). The van der Waals surface area contributed by atoms with Crippen LogP contribution in [0.25, 0.3) is 6.08 Å². The SMILES string of the molecule is NC/C=C/c1ccc(CCCF)cc1. The lowest BCUT2D eigenvalue weighted by Gasteiger charge is -1.99. The normalized spacial score (nSPS) is 11.0. The summed E-state index contributed by atoms with van der Waals surface area (Å²) in [5, 5.41) is 0. The van der Waals surface area contributed by atoms with Gasteiger partial charge in [-0.3, -0.25) is 4.39 Å². The molecule has 0 atom stereocenters. The van der Waals surface area contributed by atoms with Crippen molar-refractivity contribution in [3.8, 4) is 0 Å². The maximum atomic E-state index is 11.9. The second-order valence-electron chi connectivity index (χ2n) is 3.17. The van der Waals surface area contributed by atoms with Crippen LogP contribution in [0, 0.1) is 0 Å². The van der Waals surface area contributed by atoms with Crippen molar-refractivity contribution in [2.24, 2.45) is 5.73 Å². The first-order chi connectivity index (χ1) is 6.86. The van der Waals surface area contributed by atoms with Crippen molar-refractivity contribution in [3.05, 3.63) is 41.5 Å². The number of nitrogens with two attached hydrogens (primary N) is 1. The van der Waals surface area contributed by atoms with Gasteiger partial charge in [-0.15, -0.1) is 0 Å². The van der Waals surface area contributed by atoms with E-state index in [2.05, 4.69) is 0 Å². The number of hydrogen-bond donors (Lipinski definition) is 1. The zero-order valence-corrected chi connectivity index (χ0v) is 8.25. The van der Waals surface area contributed by atoms with Gasteiger partial charge in [-0.25, -0.2) is 0 Å². The van der Waals surface area contributed by atoms with Gasteiger partial charge in [0.25, 0.3) is 0 Å². The van der Waals surface area contributed by atoms with Gasteiger partial charge in [0.2, 0.25) is 0 Å². The molecule has 0 spiro atoms. The molecule has 76 valence electrons. The molecular formula is C12H16FN. The third-order valence-electron chi connectivity index (χ3n) is 2.03. The minimum absolute atomic E-state index is 0.241. The van der Waals surface area contributed by atoms with Crippen molar-refractivity contribution in [1.82, 2.24) is 0 Å².